The van der Waals surface area contributed by atoms with Gasteiger partial charge in [-0.2, -0.15) is 23.3 Å². The van der Waals surface area contributed by atoms with Gasteiger partial charge < -0.3 is 10.1 Å². The number of alkyl halides is 3. The maximum absolute atomic E-state index is 12.8. The maximum atomic E-state index is 12.8. The van der Waals surface area contributed by atoms with Crippen LogP contribution in [0.5, 0.6) is 0 Å². The van der Waals surface area contributed by atoms with E-state index in [0.29, 0.717) is 4.70 Å². The Morgan fingerprint density at radius 2 is 1.93 bits per heavy atom. The van der Waals surface area contributed by atoms with E-state index >= 15 is 0 Å². The summed E-state index contributed by atoms with van der Waals surface area (Å²) in [6.07, 6.45) is -4.47. The molecule has 11 heteroatoms. The number of esters is 1. The van der Waals surface area contributed by atoms with Crippen molar-refractivity contribution in [1.82, 2.24) is 14.8 Å². The van der Waals surface area contributed by atoms with Crippen molar-refractivity contribution in [2.45, 2.75) is 20.0 Å². The number of halogens is 3. The fourth-order valence-electron chi connectivity index (χ4n) is 2.31. The molecule has 0 radical (unpaired) electrons. The van der Waals surface area contributed by atoms with Gasteiger partial charge in [0, 0.05) is 6.92 Å². The number of aromatic nitrogens is 3. The molecule has 1 aromatic carbocycles. The lowest BCUT2D eigenvalue weighted by Gasteiger charge is -2.07. The molecule has 0 saturated carbocycles. The number of benzene rings is 1. The summed E-state index contributed by atoms with van der Waals surface area (Å²) in [6, 6.07) is 4.27. The maximum Gasteiger partial charge on any atom is 0.416 e. The molecule has 3 rings (SSSR count). The largest absolute Gasteiger partial charge is 0.461 e. The lowest BCUT2D eigenvalue weighted by atomic mass is 10.2. The minimum Gasteiger partial charge on any atom is -0.461 e. The van der Waals surface area contributed by atoms with Crippen LogP contribution in [0.15, 0.2) is 24.3 Å². The van der Waals surface area contributed by atoms with E-state index < -0.39 is 17.7 Å². The van der Waals surface area contributed by atoms with Crippen molar-refractivity contribution in [1.29, 1.82) is 0 Å². The van der Waals surface area contributed by atoms with Crippen LogP contribution in [0.2, 0.25) is 0 Å². The summed E-state index contributed by atoms with van der Waals surface area (Å²) in [4.78, 5) is 27.6. The smallest absolute Gasteiger partial charge is 0.416 e. The minimum absolute atomic E-state index is 0.0270. The van der Waals surface area contributed by atoms with E-state index in [-0.39, 0.29) is 34.7 Å². The van der Waals surface area contributed by atoms with Gasteiger partial charge in [0.1, 0.15) is 4.70 Å². The van der Waals surface area contributed by atoms with Gasteiger partial charge in [-0.05, 0) is 31.2 Å². The predicted molar refractivity (Wildman–Crippen MR) is 92.0 cm³/mol. The molecule has 7 nitrogen and oxygen atoms in total. The van der Waals surface area contributed by atoms with Crippen molar-refractivity contribution in [3.63, 3.8) is 0 Å². The number of nitrogens with one attached hydrogen (secondary N) is 1. The SMILES string of the molecule is CCOC(=O)c1nn(-c2ccc(C(F)(F)F)cc2)c2nc(NC(C)=O)sc12. The Labute approximate surface area is 154 Å². The Kier molecular flexibility index (Phi) is 4.87. The average Bonchev–Trinajstić information content (AvgIpc) is 3.12. The average molecular weight is 398 g/mol. The van der Waals surface area contributed by atoms with E-state index in [4.69, 9.17) is 4.74 Å². The van der Waals surface area contributed by atoms with Gasteiger partial charge >= 0.3 is 12.1 Å². The highest BCUT2D eigenvalue weighted by Gasteiger charge is 2.30. The third-order valence-electron chi connectivity index (χ3n) is 3.42. The first kappa shape index (κ1) is 18.8. The van der Waals surface area contributed by atoms with Crippen LogP contribution in [0.1, 0.15) is 29.9 Å². The van der Waals surface area contributed by atoms with Crippen LogP contribution in [-0.2, 0) is 15.7 Å². The van der Waals surface area contributed by atoms with E-state index in [1.807, 2.05) is 0 Å². The van der Waals surface area contributed by atoms with Crippen LogP contribution < -0.4 is 5.32 Å². The van der Waals surface area contributed by atoms with E-state index in [9.17, 15) is 22.8 Å². The number of amides is 1. The third-order valence-corrected chi connectivity index (χ3v) is 4.38. The van der Waals surface area contributed by atoms with Crippen molar-refractivity contribution >= 4 is 38.7 Å². The van der Waals surface area contributed by atoms with E-state index in [1.165, 1.54) is 23.7 Å². The second-order valence-electron chi connectivity index (χ2n) is 5.38. The summed E-state index contributed by atoms with van der Waals surface area (Å²) in [7, 11) is 0. The van der Waals surface area contributed by atoms with Gasteiger partial charge in [-0.15, -0.1) is 0 Å². The quantitative estimate of drug-likeness (QED) is 0.678. The third kappa shape index (κ3) is 3.77. The highest BCUT2D eigenvalue weighted by atomic mass is 32.1. The number of carbonyl (C=O) groups excluding carboxylic acids is 2. The number of thiazole rings is 1. The Morgan fingerprint density at radius 3 is 2.48 bits per heavy atom. The molecule has 2 heterocycles. The number of hydrogen-bond donors (Lipinski definition) is 1. The van der Waals surface area contributed by atoms with Gasteiger partial charge in [0.25, 0.3) is 0 Å². The number of carbonyl (C=O) groups is 2. The zero-order valence-electron chi connectivity index (χ0n) is 14.1. The predicted octanol–water partition coefficient (Wildman–Crippen LogP) is 3.64. The second kappa shape index (κ2) is 6.99. The summed E-state index contributed by atoms with van der Waals surface area (Å²) < 4.78 is 44.8. The lowest BCUT2D eigenvalue weighted by Crippen LogP contribution is -2.08. The van der Waals surface area contributed by atoms with Crippen LogP contribution >= 0.6 is 11.3 Å². The van der Waals surface area contributed by atoms with Crippen molar-refractivity contribution < 1.29 is 27.5 Å². The monoisotopic (exact) mass is 398 g/mol. The normalized spacial score (nSPS) is 11.6. The van der Waals surface area contributed by atoms with Gasteiger partial charge in [0.05, 0.1) is 17.9 Å². The van der Waals surface area contributed by atoms with Crippen LogP contribution in [-0.4, -0.2) is 33.2 Å². The van der Waals surface area contributed by atoms with E-state index in [0.717, 1.165) is 23.5 Å². The number of anilines is 1. The molecule has 0 saturated heterocycles. The zero-order valence-corrected chi connectivity index (χ0v) is 14.9. The molecule has 27 heavy (non-hydrogen) atoms. The Morgan fingerprint density at radius 1 is 1.26 bits per heavy atom. The molecule has 0 aliphatic carbocycles. The topological polar surface area (TPSA) is 86.1 Å². The first-order valence-electron chi connectivity index (χ1n) is 7.72. The van der Waals surface area contributed by atoms with Crippen LogP contribution in [0, 0.1) is 0 Å². The summed E-state index contributed by atoms with van der Waals surface area (Å²) in [6.45, 7) is 3.07. The Balaban J connectivity index is 2.12. The zero-order chi connectivity index (χ0) is 19.8. The lowest BCUT2D eigenvalue weighted by molar-refractivity contribution is -0.137. The van der Waals surface area contributed by atoms with Crippen molar-refractivity contribution in [2.24, 2.45) is 0 Å². The molecule has 0 bridgehead atoms. The molecule has 142 valence electrons. The number of hydrogen-bond acceptors (Lipinski definition) is 6. The van der Waals surface area contributed by atoms with Crippen LogP contribution in [0.3, 0.4) is 0 Å². The van der Waals surface area contributed by atoms with E-state index in [2.05, 4.69) is 15.4 Å². The first-order chi connectivity index (χ1) is 12.7. The van der Waals surface area contributed by atoms with Gasteiger partial charge in [-0.25, -0.2) is 9.48 Å². The number of fused-ring (bicyclic) bond motifs is 1. The van der Waals surface area contributed by atoms with Gasteiger partial charge in [-0.3, -0.25) is 4.79 Å². The van der Waals surface area contributed by atoms with Gasteiger partial charge in [0.15, 0.2) is 16.5 Å². The van der Waals surface area contributed by atoms with Crippen LogP contribution in [0.25, 0.3) is 16.0 Å². The molecule has 0 atom stereocenters. The number of nitrogens with zero attached hydrogens (tertiary/aromatic N) is 3. The first-order valence-corrected chi connectivity index (χ1v) is 8.54. The van der Waals surface area contributed by atoms with Crippen molar-refractivity contribution in [2.75, 3.05) is 11.9 Å². The number of ether oxygens (including phenoxy) is 1. The molecule has 2 aromatic heterocycles. The highest BCUT2D eigenvalue weighted by molar-refractivity contribution is 7.22. The summed E-state index contributed by atoms with van der Waals surface area (Å²) in [5.41, 5.74) is -0.326. The van der Waals surface area contributed by atoms with Crippen LogP contribution in [0.4, 0.5) is 18.3 Å². The van der Waals surface area contributed by atoms with Crippen molar-refractivity contribution in [3.05, 3.63) is 35.5 Å². The molecule has 0 fully saturated rings. The van der Waals surface area contributed by atoms with Gasteiger partial charge in [0.2, 0.25) is 5.91 Å². The molecular weight excluding hydrogens is 385 g/mol. The molecule has 3 aromatic rings. The molecule has 0 aliphatic heterocycles. The molecule has 1 amide bonds. The fraction of sp³-hybridized carbons (Fsp3) is 0.250. The number of rotatable bonds is 4. The van der Waals surface area contributed by atoms with Gasteiger partial charge in [-0.1, -0.05) is 11.3 Å². The van der Waals surface area contributed by atoms with Crippen molar-refractivity contribution in [3.8, 4) is 5.69 Å². The molecule has 1 N–H and O–H groups in total. The summed E-state index contributed by atoms with van der Waals surface area (Å²) in [5, 5.41) is 6.90. The molecule has 0 unspecified atom stereocenters. The molecule has 0 spiro atoms. The minimum atomic E-state index is -4.47. The molecular formula is C16H13F3N4O3S. The second-order valence-corrected chi connectivity index (χ2v) is 6.38. The Bertz CT molecular complexity index is 1010. The highest BCUT2D eigenvalue weighted by Crippen LogP contribution is 2.33. The van der Waals surface area contributed by atoms with E-state index in [1.54, 1.807) is 6.92 Å². The Hall–Kier alpha value is -2.95. The standard InChI is InChI=1S/C16H13F3N4O3S/c1-3-26-14(25)11-12-13(21-15(27-12)20-8(2)24)23(22-11)10-6-4-9(5-7-10)16(17,18)19/h4-7H,3H2,1-2H3,(H,20,21,24). The summed E-state index contributed by atoms with van der Waals surface area (Å²) in [5.74, 6) is -1.04. The summed E-state index contributed by atoms with van der Waals surface area (Å²) >= 11 is 1.02. The molecule has 0 aliphatic rings. The fourth-order valence-corrected chi connectivity index (χ4v) is 3.28.